The highest BCUT2D eigenvalue weighted by Gasteiger charge is 2.22. The van der Waals surface area contributed by atoms with Crippen LogP contribution in [-0.2, 0) is 17.9 Å². The van der Waals surface area contributed by atoms with Crippen molar-refractivity contribution in [3.8, 4) is 11.1 Å². The predicted octanol–water partition coefficient (Wildman–Crippen LogP) is 4.47. The fraction of sp³-hybridized carbons (Fsp3) is 0.259. The molecule has 0 unspecified atom stereocenters. The molecule has 1 heterocycles. The van der Waals surface area contributed by atoms with E-state index in [0.717, 1.165) is 35.3 Å². The molecule has 5 heteroatoms. The Morgan fingerprint density at radius 1 is 1.00 bits per heavy atom. The van der Waals surface area contributed by atoms with Gasteiger partial charge >= 0.3 is 0 Å². The van der Waals surface area contributed by atoms with E-state index in [1.807, 2.05) is 30.3 Å². The minimum atomic E-state index is -0.144. The van der Waals surface area contributed by atoms with Gasteiger partial charge in [-0.1, -0.05) is 54.6 Å². The van der Waals surface area contributed by atoms with Crippen molar-refractivity contribution in [2.75, 3.05) is 25.5 Å². The third-order valence-electron chi connectivity index (χ3n) is 5.71. The highest BCUT2D eigenvalue weighted by molar-refractivity contribution is 5.99. The Labute approximate surface area is 189 Å². The van der Waals surface area contributed by atoms with E-state index < -0.39 is 0 Å². The van der Waals surface area contributed by atoms with Crippen molar-refractivity contribution in [3.63, 3.8) is 0 Å². The Kier molecular flexibility index (Phi) is 6.66. The molecule has 1 aliphatic heterocycles. The molecule has 5 nitrogen and oxygen atoms in total. The summed E-state index contributed by atoms with van der Waals surface area (Å²) in [6.45, 7) is 2.05. The van der Waals surface area contributed by atoms with Crippen LogP contribution in [0.4, 0.5) is 5.69 Å². The maximum Gasteiger partial charge on any atom is 0.251 e. The number of anilines is 1. The van der Waals surface area contributed by atoms with Crippen molar-refractivity contribution in [1.29, 1.82) is 0 Å². The number of nitrogens with one attached hydrogen (secondary N) is 1. The monoisotopic (exact) mass is 427 g/mol. The normalized spacial score (nSPS) is 13.6. The molecule has 0 radical (unpaired) electrons. The molecule has 164 valence electrons. The summed E-state index contributed by atoms with van der Waals surface area (Å²) in [5, 5.41) is 3.04. The summed E-state index contributed by atoms with van der Waals surface area (Å²) < 4.78 is 0. The molecule has 1 N–H and O–H groups in total. The second kappa shape index (κ2) is 9.79. The lowest BCUT2D eigenvalue weighted by atomic mass is 9.98. The topological polar surface area (TPSA) is 52.7 Å². The molecule has 32 heavy (non-hydrogen) atoms. The van der Waals surface area contributed by atoms with Gasteiger partial charge in [0.25, 0.3) is 5.91 Å². The first-order valence-corrected chi connectivity index (χ1v) is 11.0. The highest BCUT2D eigenvalue weighted by Crippen LogP contribution is 2.25. The Morgan fingerprint density at radius 2 is 1.78 bits per heavy atom. The van der Waals surface area contributed by atoms with Gasteiger partial charge < -0.3 is 15.1 Å². The zero-order valence-corrected chi connectivity index (χ0v) is 18.7. The van der Waals surface area contributed by atoms with Crippen LogP contribution in [0.1, 0.15) is 34.3 Å². The zero-order chi connectivity index (χ0) is 22.5. The van der Waals surface area contributed by atoms with Crippen molar-refractivity contribution in [2.24, 2.45) is 0 Å². The fourth-order valence-corrected chi connectivity index (χ4v) is 4.12. The van der Waals surface area contributed by atoms with Crippen LogP contribution in [0, 0.1) is 0 Å². The molecule has 0 atom stereocenters. The number of hydrogen-bond donors (Lipinski definition) is 1. The number of rotatable bonds is 7. The molecule has 4 rings (SSSR count). The maximum atomic E-state index is 12.8. The summed E-state index contributed by atoms with van der Waals surface area (Å²) in [5.74, 6) is -0.0253. The first-order valence-electron chi connectivity index (χ1n) is 11.0. The molecule has 0 spiro atoms. The van der Waals surface area contributed by atoms with Crippen LogP contribution in [0.5, 0.6) is 0 Å². The summed E-state index contributed by atoms with van der Waals surface area (Å²) in [5.41, 5.74) is 5.92. The van der Waals surface area contributed by atoms with Gasteiger partial charge in [-0.25, -0.2) is 0 Å². The molecular weight excluding hydrogens is 398 g/mol. The van der Waals surface area contributed by atoms with Crippen LogP contribution >= 0.6 is 0 Å². The number of carbonyl (C=O) groups excluding carboxylic acids is 2. The lowest BCUT2D eigenvalue weighted by molar-refractivity contribution is -0.117. The summed E-state index contributed by atoms with van der Waals surface area (Å²) >= 11 is 0. The largest absolute Gasteiger partial charge is 0.348 e. The molecule has 3 aromatic rings. The van der Waals surface area contributed by atoms with Crippen LogP contribution in [0.25, 0.3) is 11.1 Å². The smallest absolute Gasteiger partial charge is 0.251 e. The second-order valence-electron chi connectivity index (χ2n) is 8.47. The minimum Gasteiger partial charge on any atom is -0.348 e. The molecule has 0 saturated carbocycles. The van der Waals surface area contributed by atoms with Gasteiger partial charge in [0.05, 0.1) is 0 Å². The fourth-order valence-electron chi connectivity index (χ4n) is 4.12. The number of nitrogens with zero attached hydrogens (tertiary/aromatic N) is 2. The van der Waals surface area contributed by atoms with E-state index in [1.54, 1.807) is 17.0 Å². The lowest BCUT2D eigenvalue weighted by Crippen LogP contribution is -2.26. The van der Waals surface area contributed by atoms with Gasteiger partial charge in [-0.05, 0) is 61.0 Å². The molecule has 0 bridgehead atoms. The van der Waals surface area contributed by atoms with Gasteiger partial charge in [-0.15, -0.1) is 0 Å². The number of amides is 2. The molecule has 2 amide bonds. The van der Waals surface area contributed by atoms with E-state index in [1.165, 1.54) is 5.56 Å². The second-order valence-corrected chi connectivity index (χ2v) is 8.47. The van der Waals surface area contributed by atoms with Gasteiger partial charge in [0.2, 0.25) is 5.91 Å². The van der Waals surface area contributed by atoms with Gasteiger partial charge in [0.1, 0.15) is 0 Å². The molecule has 0 aliphatic carbocycles. The minimum absolute atomic E-state index is 0.119. The van der Waals surface area contributed by atoms with Crippen LogP contribution in [-0.4, -0.2) is 37.4 Å². The van der Waals surface area contributed by atoms with Crippen molar-refractivity contribution < 1.29 is 9.59 Å². The Hall–Kier alpha value is -3.44. The summed E-state index contributed by atoms with van der Waals surface area (Å²) in [7, 11) is 4.12. The number of hydrogen-bond acceptors (Lipinski definition) is 3. The van der Waals surface area contributed by atoms with Crippen LogP contribution in [0.2, 0.25) is 0 Å². The SMILES string of the molecule is CN(C)Cc1ccc(-c2ccccc2CNC(=O)c2cccc(N3CCCC3=O)c2)cc1. The first-order chi connectivity index (χ1) is 15.5. The first kappa shape index (κ1) is 21.8. The summed E-state index contributed by atoms with van der Waals surface area (Å²) in [6.07, 6.45) is 1.44. The Bertz CT molecular complexity index is 1110. The van der Waals surface area contributed by atoms with E-state index in [2.05, 4.69) is 54.6 Å². The average Bonchev–Trinajstić information content (AvgIpc) is 3.24. The van der Waals surface area contributed by atoms with E-state index in [9.17, 15) is 9.59 Å². The highest BCUT2D eigenvalue weighted by atomic mass is 16.2. The Balaban J connectivity index is 1.47. The number of carbonyl (C=O) groups is 2. The average molecular weight is 428 g/mol. The zero-order valence-electron chi connectivity index (χ0n) is 18.7. The van der Waals surface area contributed by atoms with Crippen molar-refractivity contribution in [2.45, 2.75) is 25.9 Å². The van der Waals surface area contributed by atoms with Crippen molar-refractivity contribution >= 4 is 17.5 Å². The third kappa shape index (κ3) is 5.06. The van der Waals surface area contributed by atoms with Gasteiger partial charge in [-0.2, -0.15) is 0 Å². The van der Waals surface area contributed by atoms with E-state index in [4.69, 9.17) is 0 Å². The van der Waals surface area contributed by atoms with Gasteiger partial charge in [-0.3, -0.25) is 9.59 Å². The Morgan fingerprint density at radius 3 is 2.50 bits per heavy atom. The van der Waals surface area contributed by atoms with E-state index in [0.29, 0.717) is 25.1 Å². The number of benzene rings is 3. The maximum absolute atomic E-state index is 12.8. The molecule has 1 saturated heterocycles. The van der Waals surface area contributed by atoms with E-state index in [-0.39, 0.29) is 11.8 Å². The van der Waals surface area contributed by atoms with Gasteiger partial charge in [0.15, 0.2) is 0 Å². The summed E-state index contributed by atoms with van der Waals surface area (Å²) in [4.78, 5) is 28.8. The standard InChI is InChI=1S/C27H29N3O2/c1-29(2)19-20-12-14-21(15-13-20)25-10-4-3-7-23(25)18-28-27(32)22-8-5-9-24(17-22)30-16-6-11-26(30)31/h3-5,7-10,12-15,17H,6,11,16,18-19H2,1-2H3,(H,28,32). The van der Waals surface area contributed by atoms with Crippen LogP contribution in [0.15, 0.2) is 72.8 Å². The van der Waals surface area contributed by atoms with Crippen molar-refractivity contribution in [3.05, 3.63) is 89.5 Å². The molecule has 0 aromatic heterocycles. The predicted molar refractivity (Wildman–Crippen MR) is 128 cm³/mol. The summed E-state index contributed by atoms with van der Waals surface area (Å²) in [6, 6.07) is 24.0. The van der Waals surface area contributed by atoms with Gasteiger partial charge in [0, 0.05) is 37.3 Å². The van der Waals surface area contributed by atoms with Crippen LogP contribution < -0.4 is 10.2 Å². The van der Waals surface area contributed by atoms with Crippen LogP contribution in [0.3, 0.4) is 0 Å². The lowest BCUT2D eigenvalue weighted by Gasteiger charge is -2.17. The third-order valence-corrected chi connectivity index (χ3v) is 5.71. The molecular formula is C27H29N3O2. The molecule has 1 fully saturated rings. The molecule has 1 aliphatic rings. The van der Waals surface area contributed by atoms with E-state index >= 15 is 0 Å². The molecule has 3 aromatic carbocycles. The van der Waals surface area contributed by atoms with Crippen molar-refractivity contribution in [1.82, 2.24) is 10.2 Å². The quantitative estimate of drug-likeness (QED) is 0.605.